The Kier molecular flexibility index (Phi) is 5.96. The fourth-order valence-corrected chi connectivity index (χ4v) is 4.35. The largest absolute Gasteiger partial charge is 0.431 e. The Morgan fingerprint density at radius 2 is 1.93 bits per heavy atom. The Balaban J connectivity index is 2.32. The fourth-order valence-electron chi connectivity index (χ4n) is 2.95. The molecule has 162 valence electrons. The number of aromatic nitrogens is 3. The predicted octanol–water partition coefficient (Wildman–Crippen LogP) is 4.19. The first-order valence-electron chi connectivity index (χ1n) is 8.87. The van der Waals surface area contributed by atoms with E-state index in [1.807, 2.05) is 11.8 Å². The van der Waals surface area contributed by atoms with Gasteiger partial charge >= 0.3 is 11.9 Å². The zero-order chi connectivity index (χ0) is 22.4. The van der Waals surface area contributed by atoms with Gasteiger partial charge in [0.25, 0.3) is 5.56 Å². The number of hydrogen-bond donors (Lipinski definition) is 0. The van der Waals surface area contributed by atoms with Crippen LogP contribution in [0.5, 0.6) is 0 Å². The van der Waals surface area contributed by atoms with Gasteiger partial charge < -0.3 is 4.90 Å². The molecule has 0 atom stereocenters. The zero-order valence-corrected chi connectivity index (χ0v) is 17.8. The van der Waals surface area contributed by atoms with Gasteiger partial charge in [-0.1, -0.05) is 36.3 Å². The van der Waals surface area contributed by atoms with E-state index in [1.165, 1.54) is 0 Å². The second-order valence-corrected chi connectivity index (χ2v) is 8.07. The Labute approximate surface area is 176 Å². The topological polar surface area (TPSA) is 60.1 Å². The van der Waals surface area contributed by atoms with Gasteiger partial charge in [0.15, 0.2) is 10.9 Å². The molecule has 2 aromatic heterocycles. The fraction of sp³-hybridized carbons (Fsp3) is 0.389. The summed E-state index contributed by atoms with van der Waals surface area (Å²) in [5.74, 6) is -1.02. The van der Waals surface area contributed by atoms with Gasteiger partial charge in [-0.2, -0.15) is 13.2 Å². The quantitative estimate of drug-likeness (QED) is 0.531. The van der Waals surface area contributed by atoms with Crippen LogP contribution in [0.4, 0.5) is 22.7 Å². The molecular weight excluding hydrogens is 448 g/mol. The lowest BCUT2D eigenvalue weighted by Gasteiger charge is -2.15. The zero-order valence-electron chi connectivity index (χ0n) is 16.2. The molecule has 0 fully saturated rings. The van der Waals surface area contributed by atoms with Crippen molar-refractivity contribution >= 4 is 38.3 Å². The lowest BCUT2D eigenvalue weighted by molar-refractivity contribution is -0.144. The Morgan fingerprint density at radius 1 is 1.27 bits per heavy atom. The van der Waals surface area contributed by atoms with Crippen molar-refractivity contribution < 1.29 is 17.6 Å². The van der Waals surface area contributed by atoms with E-state index < -0.39 is 34.6 Å². The molecule has 3 aromatic rings. The molecule has 0 unspecified atom stereocenters. The second-order valence-electron chi connectivity index (χ2n) is 6.68. The number of hydrogen-bond acceptors (Lipinski definition) is 5. The highest BCUT2D eigenvalue weighted by Crippen LogP contribution is 2.38. The third kappa shape index (κ3) is 3.83. The molecule has 0 N–H and O–H groups in total. The minimum absolute atomic E-state index is 0.0329. The molecule has 2 heterocycles. The molecule has 0 amide bonds. The average molecular weight is 465 g/mol. The van der Waals surface area contributed by atoms with Crippen LogP contribution in [0.25, 0.3) is 15.9 Å². The van der Waals surface area contributed by atoms with Gasteiger partial charge in [0.05, 0.1) is 9.72 Å². The highest BCUT2D eigenvalue weighted by molar-refractivity contribution is 7.22. The van der Waals surface area contributed by atoms with E-state index in [-0.39, 0.29) is 25.9 Å². The van der Waals surface area contributed by atoms with E-state index in [9.17, 15) is 27.2 Å². The maximum absolute atomic E-state index is 14.9. The molecular formula is C18H17ClF4N4O2S. The Hall–Kier alpha value is -2.40. The summed E-state index contributed by atoms with van der Waals surface area (Å²) in [5.41, 5.74) is -4.37. The maximum atomic E-state index is 14.9. The molecule has 0 spiro atoms. The summed E-state index contributed by atoms with van der Waals surface area (Å²) < 4.78 is 54.9. The van der Waals surface area contributed by atoms with Crippen LogP contribution in [0, 0.1) is 5.82 Å². The average Bonchev–Trinajstić information content (AvgIpc) is 3.10. The third-order valence-electron chi connectivity index (χ3n) is 4.54. The molecule has 0 aliphatic carbocycles. The number of thiazole rings is 1. The van der Waals surface area contributed by atoms with Crippen LogP contribution in [0.1, 0.15) is 25.5 Å². The minimum atomic E-state index is -4.92. The standard InChI is InChI=1S/C18H17ClF4N4O2S/c1-4-5-6-25(2)16-24-13-9(19)7-10(20)14(15(13)30-16)27-12(28)8-11(18(21,22)23)26(3)17(27)29/h7-8H,4-6H2,1-3H3. The van der Waals surface area contributed by atoms with E-state index in [4.69, 9.17) is 11.6 Å². The van der Waals surface area contributed by atoms with Crippen molar-refractivity contribution in [1.82, 2.24) is 14.1 Å². The summed E-state index contributed by atoms with van der Waals surface area (Å²) in [7, 11) is 2.64. The van der Waals surface area contributed by atoms with E-state index >= 15 is 0 Å². The lowest BCUT2D eigenvalue weighted by Crippen LogP contribution is -2.41. The first-order valence-corrected chi connectivity index (χ1v) is 10.1. The van der Waals surface area contributed by atoms with Crippen LogP contribution >= 0.6 is 22.9 Å². The molecule has 0 aliphatic heterocycles. The lowest BCUT2D eigenvalue weighted by atomic mass is 10.2. The van der Waals surface area contributed by atoms with Crippen molar-refractivity contribution in [1.29, 1.82) is 0 Å². The van der Waals surface area contributed by atoms with E-state index in [0.29, 0.717) is 16.2 Å². The van der Waals surface area contributed by atoms with Crippen LogP contribution in [-0.2, 0) is 13.2 Å². The van der Waals surface area contributed by atoms with Crippen molar-refractivity contribution in [3.05, 3.63) is 49.5 Å². The third-order valence-corrected chi connectivity index (χ3v) is 6.01. The first-order chi connectivity index (χ1) is 14.0. The SMILES string of the molecule is CCCCN(C)c1nc2c(Cl)cc(F)c(-n3c(=O)cc(C(F)(F)F)n(C)c3=O)c2s1. The molecule has 0 saturated heterocycles. The van der Waals surface area contributed by atoms with Gasteiger partial charge in [-0.05, 0) is 12.5 Å². The molecule has 0 bridgehead atoms. The van der Waals surface area contributed by atoms with Crippen LogP contribution in [0.2, 0.25) is 5.02 Å². The van der Waals surface area contributed by atoms with Crippen molar-refractivity contribution in [2.24, 2.45) is 7.05 Å². The van der Waals surface area contributed by atoms with Crippen LogP contribution < -0.4 is 16.1 Å². The Bertz CT molecular complexity index is 1230. The van der Waals surface area contributed by atoms with Gasteiger partial charge in [0, 0.05) is 26.7 Å². The first kappa shape index (κ1) is 22.3. The monoisotopic (exact) mass is 464 g/mol. The number of alkyl halides is 3. The molecule has 6 nitrogen and oxygen atoms in total. The second kappa shape index (κ2) is 8.03. The van der Waals surface area contributed by atoms with Crippen molar-refractivity contribution in [2.75, 3.05) is 18.5 Å². The molecule has 0 aliphatic rings. The molecule has 30 heavy (non-hydrogen) atoms. The molecule has 0 radical (unpaired) electrons. The van der Waals surface area contributed by atoms with E-state index in [2.05, 4.69) is 4.98 Å². The minimum Gasteiger partial charge on any atom is -0.351 e. The highest BCUT2D eigenvalue weighted by Gasteiger charge is 2.35. The normalized spacial score (nSPS) is 12.0. The van der Waals surface area contributed by atoms with Crippen LogP contribution in [0.15, 0.2) is 21.7 Å². The number of rotatable bonds is 5. The van der Waals surface area contributed by atoms with Crippen molar-refractivity contribution in [3.8, 4) is 5.69 Å². The van der Waals surface area contributed by atoms with Gasteiger partial charge in [-0.15, -0.1) is 0 Å². The predicted molar refractivity (Wildman–Crippen MR) is 109 cm³/mol. The molecule has 12 heteroatoms. The number of nitrogens with zero attached hydrogens (tertiary/aromatic N) is 4. The Morgan fingerprint density at radius 3 is 2.53 bits per heavy atom. The van der Waals surface area contributed by atoms with E-state index in [0.717, 1.165) is 37.3 Å². The number of anilines is 1. The highest BCUT2D eigenvalue weighted by atomic mass is 35.5. The summed E-state index contributed by atoms with van der Waals surface area (Å²) in [6.45, 7) is 2.68. The number of halogens is 5. The van der Waals surface area contributed by atoms with Gasteiger partial charge in [0.1, 0.15) is 16.9 Å². The molecule has 0 saturated carbocycles. The number of unbranched alkanes of at least 4 members (excludes halogenated alkanes) is 1. The summed E-state index contributed by atoms with van der Waals surface area (Å²) in [6, 6.07) is 1.15. The van der Waals surface area contributed by atoms with Crippen LogP contribution in [0.3, 0.4) is 0 Å². The van der Waals surface area contributed by atoms with Gasteiger partial charge in [-0.25, -0.2) is 18.7 Å². The summed E-state index contributed by atoms with van der Waals surface area (Å²) in [4.78, 5) is 31.3. The number of fused-ring (bicyclic) bond motifs is 1. The maximum Gasteiger partial charge on any atom is 0.431 e. The van der Waals surface area contributed by atoms with Gasteiger partial charge in [-0.3, -0.25) is 9.36 Å². The summed E-state index contributed by atoms with van der Waals surface area (Å²) in [5, 5.41) is 0.443. The van der Waals surface area contributed by atoms with Gasteiger partial charge in [0.2, 0.25) is 0 Å². The van der Waals surface area contributed by atoms with Crippen molar-refractivity contribution in [3.63, 3.8) is 0 Å². The summed E-state index contributed by atoms with van der Waals surface area (Å²) in [6.07, 6.45) is -3.10. The number of benzene rings is 1. The molecule has 1 aromatic carbocycles. The van der Waals surface area contributed by atoms with Crippen LogP contribution in [-0.4, -0.2) is 27.7 Å². The van der Waals surface area contributed by atoms with Crippen molar-refractivity contribution in [2.45, 2.75) is 25.9 Å². The summed E-state index contributed by atoms with van der Waals surface area (Å²) >= 11 is 7.11. The molecule has 3 rings (SSSR count). The van der Waals surface area contributed by atoms with E-state index in [1.54, 1.807) is 7.05 Å². The smallest absolute Gasteiger partial charge is 0.351 e.